The summed E-state index contributed by atoms with van der Waals surface area (Å²) < 4.78 is 4.38. The number of carbonyl (C=O) groups excluding carboxylic acids is 3. The van der Waals surface area contributed by atoms with E-state index in [1.807, 2.05) is 0 Å². The summed E-state index contributed by atoms with van der Waals surface area (Å²) in [5.74, 6) is -1.37. The van der Waals surface area contributed by atoms with Gasteiger partial charge in [0.15, 0.2) is 10.8 Å². The van der Waals surface area contributed by atoms with Gasteiger partial charge in [-0.2, -0.15) is 0 Å². The summed E-state index contributed by atoms with van der Waals surface area (Å²) in [5, 5.41) is 19.8. The smallest absolute Gasteiger partial charge is 0.549 e. The first-order chi connectivity index (χ1) is 15.3. The van der Waals surface area contributed by atoms with Crippen LogP contribution in [0.5, 0.6) is 0 Å². The molecule has 174 valence electrons. The van der Waals surface area contributed by atoms with Gasteiger partial charge in [-0.05, 0) is 12.8 Å². The number of aliphatic carboxylic acids is 1. The fraction of sp³-hybridized carbons (Fsp3) is 0.611. The number of thioether (sulfide) groups is 2. The van der Waals surface area contributed by atoms with Crippen LogP contribution in [0.25, 0.3) is 0 Å². The molecule has 11 nitrogen and oxygen atoms in total. The number of hydrogen-bond donors (Lipinski definition) is 2. The zero-order chi connectivity index (χ0) is 22.9. The van der Waals surface area contributed by atoms with Crippen LogP contribution in [0.1, 0.15) is 18.5 Å². The number of ether oxygens (including phenoxy) is 1. The number of β-lactam (4-membered cyclic amide) rings is 1. The van der Waals surface area contributed by atoms with Gasteiger partial charge >= 0.3 is 29.6 Å². The number of carbonyl (C=O) groups is 3. The molecular formula is C18H22N5NaO6S3. The van der Waals surface area contributed by atoms with Crippen LogP contribution >= 0.6 is 34.9 Å². The Morgan fingerprint density at radius 3 is 2.94 bits per heavy atom. The van der Waals surface area contributed by atoms with E-state index >= 15 is 0 Å². The maximum Gasteiger partial charge on any atom is 1.00 e. The second kappa shape index (κ2) is 11.1. The molecule has 0 aliphatic carbocycles. The van der Waals surface area contributed by atoms with Crippen molar-refractivity contribution in [2.45, 2.75) is 35.1 Å². The van der Waals surface area contributed by atoms with Crippen molar-refractivity contribution in [1.82, 2.24) is 15.2 Å². The van der Waals surface area contributed by atoms with Gasteiger partial charge in [-0.25, -0.2) is 4.98 Å². The number of carboxylic acid groups (broad SMARTS) is 1. The number of nitrogens with two attached hydrogens (primary N) is 1. The average Bonchev–Trinajstić information content (AvgIpc) is 3.45. The van der Waals surface area contributed by atoms with Crippen molar-refractivity contribution in [1.29, 1.82) is 0 Å². The summed E-state index contributed by atoms with van der Waals surface area (Å²) in [6.45, 7) is 0.714. The van der Waals surface area contributed by atoms with Gasteiger partial charge in [-0.1, -0.05) is 5.16 Å². The zero-order valence-electron chi connectivity index (χ0n) is 18.1. The van der Waals surface area contributed by atoms with E-state index < -0.39 is 22.7 Å². The van der Waals surface area contributed by atoms with Gasteiger partial charge in [0.05, 0.1) is 16.8 Å². The number of rotatable bonds is 8. The first-order valence-corrected chi connectivity index (χ1v) is 12.8. The van der Waals surface area contributed by atoms with E-state index in [0.29, 0.717) is 12.4 Å². The van der Waals surface area contributed by atoms with E-state index in [1.165, 1.54) is 35.5 Å². The number of hydrogen-bond acceptors (Lipinski definition) is 12. The minimum atomic E-state index is -1.21. The van der Waals surface area contributed by atoms with Crippen LogP contribution in [-0.4, -0.2) is 87.4 Å². The van der Waals surface area contributed by atoms with Gasteiger partial charge in [0, 0.05) is 30.0 Å². The van der Waals surface area contributed by atoms with Crippen molar-refractivity contribution in [3.63, 3.8) is 0 Å². The molecule has 4 rings (SSSR count). The average molecular weight is 524 g/mol. The number of aromatic nitrogens is 1. The SMILES string of the molecule is CON=C(C(=O)NC1C(=O)N2CC(SCC3CCCO3)(C(=O)[O-])CS[C@H]12)c1csc(N)n1.[Na+]. The van der Waals surface area contributed by atoms with Crippen molar-refractivity contribution in [3.8, 4) is 0 Å². The molecule has 3 aliphatic heterocycles. The molecule has 1 aromatic rings. The number of amides is 2. The summed E-state index contributed by atoms with van der Waals surface area (Å²) in [4.78, 5) is 47.8. The number of nitrogens with one attached hydrogen (secondary N) is 1. The van der Waals surface area contributed by atoms with Gasteiger partial charge in [0.2, 0.25) is 5.91 Å². The number of fused-ring (bicyclic) bond motifs is 1. The fourth-order valence-electron chi connectivity index (χ4n) is 3.75. The number of oxime groups is 1. The predicted molar refractivity (Wildman–Crippen MR) is 119 cm³/mol. The van der Waals surface area contributed by atoms with Gasteiger partial charge in [-0.3, -0.25) is 9.59 Å². The minimum absolute atomic E-state index is 0. The zero-order valence-corrected chi connectivity index (χ0v) is 22.6. The first kappa shape index (κ1) is 26.6. The molecule has 3 unspecified atom stereocenters. The van der Waals surface area contributed by atoms with Crippen LogP contribution in [0.2, 0.25) is 0 Å². The molecule has 3 saturated heterocycles. The molecule has 15 heteroatoms. The van der Waals surface area contributed by atoms with Crippen LogP contribution < -0.4 is 45.7 Å². The van der Waals surface area contributed by atoms with Gasteiger partial charge in [0.1, 0.15) is 24.2 Å². The van der Waals surface area contributed by atoms with E-state index in [4.69, 9.17) is 15.3 Å². The number of carboxylic acids is 1. The third-order valence-corrected chi connectivity index (χ3v) is 9.36. The Labute approximate surface area is 224 Å². The van der Waals surface area contributed by atoms with E-state index in [1.54, 1.807) is 5.38 Å². The van der Waals surface area contributed by atoms with E-state index in [0.717, 1.165) is 24.2 Å². The van der Waals surface area contributed by atoms with Gasteiger partial charge in [-0.15, -0.1) is 34.9 Å². The normalized spacial score (nSPS) is 29.0. The molecule has 3 fully saturated rings. The Bertz CT molecular complexity index is 942. The van der Waals surface area contributed by atoms with E-state index in [-0.39, 0.29) is 75.8 Å². The Morgan fingerprint density at radius 1 is 1.55 bits per heavy atom. The Kier molecular flexibility index (Phi) is 8.97. The maximum atomic E-state index is 12.8. The summed E-state index contributed by atoms with van der Waals surface area (Å²) in [6, 6.07) is -0.798. The first-order valence-electron chi connectivity index (χ1n) is 9.87. The van der Waals surface area contributed by atoms with Crippen molar-refractivity contribution < 1.29 is 58.6 Å². The number of thiazole rings is 1. The molecule has 4 heterocycles. The van der Waals surface area contributed by atoms with Crippen molar-refractivity contribution in [2.75, 3.05) is 37.5 Å². The monoisotopic (exact) mass is 523 g/mol. The standard InChI is InChI=1S/C18H23N5O6S3.Na/c1-28-22-11(10-6-30-17(19)20-10)13(24)21-12-14(25)23-7-18(16(26)27,8-31-15(12)23)32-5-9-3-2-4-29-9;/h6,9,12,15H,2-5,7-8H2,1H3,(H2,19,20)(H,21,24)(H,26,27);/q;+1/p-1/t9?,12?,15-,18?;/m1./s1. The molecule has 4 atom stereocenters. The van der Waals surface area contributed by atoms with Crippen molar-refractivity contribution in [3.05, 3.63) is 11.1 Å². The fourth-order valence-corrected chi connectivity index (χ4v) is 7.34. The molecule has 0 bridgehead atoms. The molecule has 3 N–H and O–H groups in total. The molecule has 2 amide bonds. The van der Waals surface area contributed by atoms with Gasteiger partial charge in [0.25, 0.3) is 5.91 Å². The number of nitrogens with zero attached hydrogens (tertiary/aromatic N) is 3. The molecule has 1 aromatic heterocycles. The number of nitrogen functional groups attached to an aromatic ring is 1. The second-order valence-corrected chi connectivity index (χ2v) is 10.9. The summed E-state index contributed by atoms with van der Waals surface area (Å²) >= 11 is 3.73. The second-order valence-electron chi connectivity index (χ2n) is 7.54. The van der Waals surface area contributed by atoms with Crippen LogP contribution in [0.15, 0.2) is 10.5 Å². The quantitative estimate of drug-likeness (QED) is 0.148. The molecule has 0 saturated carbocycles. The molecule has 0 radical (unpaired) electrons. The molecular weight excluding hydrogens is 501 g/mol. The third-order valence-electron chi connectivity index (χ3n) is 5.44. The van der Waals surface area contributed by atoms with E-state index in [9.17, 15) is 19.5 Å². The van der Waals surface area contributed by atoms with Crippen molar-refractivity contribution >= 4 is 63.5 Å². The van der Waals surface area contributed by atoms with Crippen LogP contribution in [-0.2, 0) is 24.0 Å². The van der Waals surface area contributed by atoms with Crippen LogP contribution in [0, 0.1) is 0 Å². The van der Waals surface area contributed by atoms with Crippen LogP contribution in [0.4, 0.5) is 5.13 Å². The molecule has 0 aromatic carbocycles. The van der Waals surface area contributed by atoms with Gasteiger partial charge < -0.3 is 35.4 Å². The summed E-state index contributed by atoms with van der Waals surface area (Å²) in [5.41, 5.74) is 5.78. The topological polar surface area (TPSA) is 159 Å². The Balaban J connectivity index is 0.00000306. The molecule has 3 aliphatic rings. The van der Waals surface area contributed by atoms with Crippen molar-refractivity contribution in [2.24, 2.45) is 5.16 Å². The largest absolute Gasteiger partial charge is 1.00 e. The van der Waals surface area contributed by atoms with Crippen LogP contribution in [0.3, 0.4) is 0 Å². The molecule has 33 heavy (non-hydrogen) atoms. The summed E-state index contributed by atoms with van der Waals surface area (Å²) in [6.07, 6.45) is 1.89. The van der Waals surface area contributed by atoms with E-state index in [2.05, 4.69) is 15.5 Å². The Morgan fingerprint density at radius 2 is 2.33 bits per heavy atom. The maximum absolute atomic E-state index is 12.8. The predicted octanol–water partition coefficient (Wildman–Crippen LogP) is -4.12. The minimum Gasteiger partial charge on any atom is -0.549 e. The third kappa shape index (κ3) is 5.46. The Hall–Kier alpha value is -1.03. The molecule has 0 spiro atoms. The number of anilines is 1. The summed E-state index contributed by atoms with van der Waals surface area (Å²) in [7, 11) is 1.30.